The van der Waals surface area contributed by atoms with Crippen LogP contribution < -0.4 is 4.74 Å². The van der Waals surface area contributed by atoms with Crippen molar-refractivity contribution in [2.45, 2.75) is 19.6 Å². The molecular weight excluding hydrogens is 403 g/mol. The van der Waals surface area contributed by atoms with Crippen LogP contribution in [-0.4, -0.2) is 20.9 Å². The summed E-state index contributed by atoms with van der Waals surface area (Å²) in [5, 5.41) is 4.24. The summed E-state index contributed by atoms with van der Waals surface area (Å²) in [6.07, 6.45) is -4.64. The fourth-order valence-electron chi connectivity index (χ4n) is 1.92. The second kappa shape index (κ2) is 5.72. The Morgan fingerprint density at radius 1 is 1.39 bits per heavy atom. The number of aromatic nitrogens is 3. The Bertz CT molecular complexity index is 875. The van der Waals surface area contributed by atoms with Crippen molar-refractivity contribution in [3.8, 4) is 12.0 Å². The summed E-state index contributed by atoms with van der Waals surface area (Å²) >= 11 is 8.99. The zero-order valence-electron chi connectivity index (χ0n) is 11.5. The van der Waals surface area contributed by atoms with Gasteiger partial charge in [-0.3, -0.25) is 0 Å². The molecule has 0 aliphatic carbocycles. The SMILES string of the molecule is Cc1nn(CC(F)(F)F)c(Oc2nc3ccc(Cl)cc3o2)c1Br. The van der Waals surface area contributed by atoms with Crippen LogP contribution in [0.2, 0.25) is 5.02 Å². The number of benzene rings is 1. The highest BCUT2D eigenvalue weighted by molar-refractivity contribution is 9.10. The maximum absolute atomic E-state index is 12.6. The zero-order chi connectivity index (χ0) is 16.8. The predicted octanol–water partition coefficient (Wildman–Crippen LogP) is 5.10. The fraction of sp³-hybridized carbons (Fsp3) is 0.231. The highest BCUT2D eigenvalue weighted by Crippen LogP contribution is 2.35. The van der Waals surface area contributed by atoms with Gasteiger partial charge in [0.1, 0.15) is 16.5 Å². The van der Waals surface area contributed by atoms with Crippen LogP contribution in [0, 0.1) is 6.92 Å². The third kappa shape index (κ3) is 3.45. The van der Waals surface area contributed by atoms with Crippen molar-refractivity contribution >= 4 is 38.6 Å². The Hall–Kier alpha value is -1.74. The van der Waals surface area contributed by atoms with Gasteiger partial charge in [0.25, 0.3) is 0 Å². The van der Waals surface area contributed by atoms with Crippen molar-refractivity contribution in [2.24, 2.45) is 0 Å². The molecule has 3 aromatic rings. The van der Waals surface area contributed by atoms with Crippen molar-refractivity contribution in [3.63, 3.8) is 0 Å². The van der Waals surface area contributed by atoms with Crippen molar-refractivity contribution in [1.29, 1.82) is 0 Å². The maximum Gasteiger partial charge on any atom is 0.408 e. The lowest BCUT2D eigenvalue weighted by atomic mass is 10.3. The van der Waals surface area contributed by atoms with E-state index in [9.17, 15) is 13.2 Å². The van der Waals surface area contributed by atoms with E-state index in [2.05, 4.69) is 26.0 Å². The Morgan fingerprint density at radius 3 is 2.83 bits per heavy atom. The summed E-state index contributed by atoms with van der Waals surface area (Å²) in [5.41, 5.74) is 1.18. The summed E-state index contributed by atoms with van der Waals surface area (Å²) in [6.45, 7) is 0.260. The lowest BCUT2D eigenvalue weighted by molar-refractivity contribution is -0.143. The summed E-state index contributed by atoms with van der Waals surface area (Å²) in [5.74, 6) is -0.141. The average Bonchev–Trinajstić information content (AvgIpc) is 2.93. The number of hydrogen-bond acceptors (Lipinski definition) is 4. The molecule has 3 rings (SSSR count). The zero-order valence-corrected chi connectivity index (χ0v) is 13.8. The molecule has 0 N–H and O–H groups in total. The lowest BCUT2D eigenvalue weighted by Gasteiger charge is -2.09. The van der Waals surface area contributed by atoms with Crippen LogP contribution in [0.5, 0.6) is 12.0 Å². The van der Waals surface area contributed by atoms with E-state index in [1.807, 2.05) is 0 Å². The molecule has 122 valence electrons. The van der Waals surface area contributed by atoms with Gasteiger partial charge in [-0.25, -0.2) is 4.68 Å². The number of hydrogen-bond donors (Lipinski definition) is 0. The van der Waals surface area contributed by atoms with Crippen molar-refractivity contribution < 1.29 is 22.3 Å². The average molecular weight is 411 g/mol. The van der Waals surface area contributed by atoms with E-state index in [0.717, 1.165) is 0 Å². The minimum absolute atomic E-state index is 0.141. The van der Waals surface area contributed by atoms with Crippen molar-refractivity contribution in [2.75, 3.05) is 0 Å². The van der Waals surface area contributed by atoms with Crippen LogP contribution in [0.3, 0.4) is 0 Å². The van der Waals surface area contributed by atoms with Crippen LogP contribution in [0.15, 0.2) is 27.1 Å². The van der Waals surface area contributed by atoms with E-state index in [0.29, 0.717) is 31.0 Å². The molecule has 1 aromatic carbocycles. The molecule has 10 heteroatoms. The Morgan fingerprint density at radius 2 is 2.13 bits per heavy atom. The second-order valence-electron chi connectivity index (χ2n) is 4.67. The Balaban J connectivity index is 1.97. The molecule has 0 saturated heterocycles. The number of rotatable bonds is 3. The number of halogens is 5. The number of oxazole rings is 1. The first kappa shape index (κ1) is 16.1. The van der Waals surface area contributed by atoms with E-state index >= 15 is 0 Å². The normalized spacial score (nSPS) is 12.1. The maximum atomic E-state index is 12.6. The van der Waals surface area contributed by atoms with Crippen LogP contribution >= 0.6 is 27.5 Å². The molecule has 23 heavy (non-hydrogen) atoms. The quantitative estimate of drug-likeness (QED) is 0.602. The minimum Gasteiger partial charge on any atom is -0.409 e. The molecule has 0 radical (unpaired) electrons. The van der Waals surface area contributed by atoms with Gasteiger partial charge in [-0.2, -0.15) is 23.3 Å². The Labute approximate surface area is 141 Å². The van der Waals surface area contributed by atoms with Gasteiger partial charge in [0.05, 0.1) is 5.69 Å². The molecular formula is C13H8BrClF3N3O2. The number of aryl methyl sites for hydroxylation is 1. The van der Waals surface area contributed by atoms with E-state index in [1.165, 1.54) is 6.07 Å². The molecule has 0 amide bonds. The van der Waals surface area contributed by atoms with E-state index in [4.69, 9.17) is 20.8 Å². The molecule has 0 spiro atoms. The first-order chi connectivity index (χ1) is 10.7. The van der Waals surface area contributed by atoms with Gasteiger partial charge in [0.2, 0.25) is 5.88 Å². The molecule has 0 bridgehead atoms. The van der Waals surface area contributed by atoms with Gasteiger partial charge in [0, 0.05) is 11.1 Å². The standard InChI is InChI=1S/C13H8BrClF3N3O2/c1-6-10(14)11(21(20-6)5-13(16,17)18)23-12-19-8-3-2-7(15)4-9(8)22-12/h2-4H,5H2,1H3. The highest BCUT2D eigenvalue weighted by atomic mass is 79.9. The number of fused-ring (bicyclic) bond motifs is 1. The molecule has 5 nitrogen and oxygen atoms in total. The van der Waals surface area contributed by atoms with Gasteiger partial charge in [-0.1, -0.05) is 11.6 Å². The molecule has 2 heterocycles. The number of ether oxygens (including phenoxy) is 1. The van der Waals surface area contributed by atoms with Crippen LogP contribution in [0.4, 0.5) is 13.2 Å². The van der Waals surface area contributed by atoms with E-state index in [1.54, 1.807) is 19.1 Å². The smallest absolute Gasteiger partial charge is 0.408 e. The third-order valence-electron chi connectivity index (χ3n) is 2.85. The lowest BCUT2D eigenvalue weighted by Crippen LogP contribution is -2.19. The topological polar surface area (TPSA) is 53.1 Å². The first-order valence-corrected chi connectivity index (χ1v) is 7.43. The van der Waals surface area contributed by atoms with Gasteiger partial charge < -0.3 is 9.15 Å². The minimum atomic E-state index is -4.44. The number of nitrogens with zero attached hydrogens (tertiary/aromatic N) is 3. The molecule has 0 fully saturated rings. The van der Waals surface area contributed by atoms with Crippen molar-refractivity contribution in [3.05, 3.63) is 33.4 Å². The monoisotopic (exact) mass is 409 g/mol. The molecule has 0 saturated carbocycles. The van der Waals surface area contributed by atoms with Crippen LogP contribution in [0.1, 0.15) is 5.69 Å². The first-order valence-electron chi connectivity index (χ1n) is 6.26. The molecule has 2 aromatic heterocycles. The largest absolute Gasteiger partial charge is 0.409 e. The third-order valence-corrected chi connectivity index (χ3v) is 4.00. The Kier molecular flexibility index (Phi) is 4.01. The van der Waals surface area contributed by atoms with Gasteiger partial charge >= 0.3 is 12.3 Å². The van der Waals surface area contributed by atoms with Crippen LogP contribution in [0.25, 0.3) is 11.1 Å². The molecule has 0 unspecified atom stereocenters. The number of alkyl halides is 3. The second-order valence-corrected chi connectivity index (χ2v) is 5.90. The van der Waals surface area contributed by atoms with E-state index in [-0.39, 0.29) is 12.0 Å². The summed E-state index contributed by atoms with van der Waals surface area (Å²) < 4.78 is 49.6. The summed E-state index contributed by atoms with van der Waals surface area (Å²) in [7, 11) is 0. The molecule has 0 aliphatic rings. The van der Waals surface area contributed by atoms with Gasteiger partial charge in [0.15, 0.2) is 5.58 Å². The molecule has 0 aliphatic heterocycles. The van der Waals surface area contributed by atoms with Gasteiger partial charge in [-0.05, 0) is 35.0 Å². The van der Waals surface area contributed by atoms with Crippen molar-refractivity contribution in [1.82, 2.24) is 14.8 Å². The summed E-state index contributed by atoms with van der Waals surface area (Å²) in [4.78, 5) is 4.05. The van der Waals surface area contributed by atoms with E-state index < -0.39 is 12.7 Å². The highest BCUT2D eigenvalue weighted by Gasteiger charge is 2.32. The molecule has 0 atom stereocenters. The van der Waals surface area contributed by atoms with Gasteiger partial charge in [-0.15, -0.1) is 0 Å². The summed E-state index contributed by atoms with van der Waals surface area (Å²) in [6, 6.07) is 4.76. The van der Waals surface area contributed by atoms with Crippen LogP contribution in [-0.2, 0) is 6.54 Å². The predicted molar refractivity (Wildman–Crippen MR) is 79.8 cm³/mol. The fourth-order valence-corrected chi connectivity index (χ4v) is 2.44.